The Balaban J connectivity index is 2.15. The van der Waals surface area contributed by atoms with Crippen LogP contribution in [0.2, 0.25) is 0 Å². The van der Waals surface area contributed by atoms with Gasteiger partial charge in [0.1, 0.15) is 11.8 Å². The Bertz CT molecular complexity index is 472. The van der Waals surface area contributed by atoms with E-state index in [2.05, 4.69) is 9.88 Å². The average Bonchev–Trinajstić information content (AvgIpc) is 2.41. The van der Waals surface area contributed by atoms with Gasteiger partial charge in [0, 0.05) is 25.8 Å². The summed E-state index contributed by atoms with van der Waals surface area (Å²) in [5.74, 6) is -0.0113. The first-order valence-corrected chi connectivity index (χ1v) is 6.92. The molecule has 21 heavy (non-hydrogen) atoms. The van der Waals surface area contributed by atoms with Crippen molar-refractivity contribution in [2.45, 2.75) is 31.5 Å². The van der Waals surface area contributed by atoms with Gasteiger partial charge in [-0.05, 0) is 37.9 Å². The molecule has 0 aliphatic carbocycles. The van der Waals surface area contributed by atoms with Crippen LogP contribution in [0.4, 0.5) is 13.2 Å². The molecule has 1 aliphatic rings. The Morgan fingerprint density at radius 2 is 2.00 bits per heavy atom. The van der Waals surface area contributed by atoms with E-state index in [1.165, 1.54) is 6.07 Å². The number of alkyl halides is 3. The van der Waals surface area contributed by atoms with E-state index in [0.29, 0.717) is 5.56 Å². The van der Waals surface area contributed by atoms with Crippen molar-refractivity contribution in [3.05, 3.63) is 23.4 Å². The molecule has 0 unspecified atom stereocenters. The highest BCUT2D eigenvalue weighted by molar-refractivity contribution is 5.27. The van der Waals surface area contributed by atoms with Gasteiger partial charge < -0.3 is 14.7 Å². The first-order valence-electron chi connectivity index (χ1n) is 6.92. The fourth-order valence-electron chi connectivity index (χ4n) is 2.31. The van der Waals surface area contributed by atoms with Crippen molar-refractivity contribution in [2.75, 3.05) is 26.7 Å². The van der Waals surface area contributed by atoms with Crippen molar-refractivity contribution in [2.24, 2.45) is 0 Å². The largest absolute Gasteiger partial charge is 0.474 e. The van der Waals surface area contributed by atoms with E-state index in [9.17, 15) is 13.2 Å². The van der Waals surface area contributed by atoms with E-state index in [0.717, 1.165) is 32.0 Å². The van der Waals surface area contributed by atoms with E-state index in [1.54, 1.807) is 0 Å². The molecule has 0 saturated carbocycles. The lowest BCUT2D eigenvalue weighted by Crippen LogP contribution is -2.35. The summed E-state index contributed by atoms with van der Waals surface area (Å²) < 4.78 is 44.1. The molecule has 1 aromatic heterocycles. The molecule has 1 aliphatic heterocycles. The Labute approximate surface area is 121 Å². The number of ether oxygens (including phenoxy) is 1. The molecule has 7 heteroatoms. The van der Waals surface area contributed by atoms with Crippen molar-refractivity contribution in [1.29, 1.82) is 0 Å². The number of aromatic nitrogens is 1. The van der Waals surface area contributed by atoms with Crippen LogP contribution in [0, 0.1) is 0 Å². The Hall–Kier alpha value is -1.34. The molecule has 2 heterocycles. The number of aliphatic hydroxyl groups is 1. The number of pyridine rings is 1. The minimum absolute atomic E-state index is 0.0113. The molecule has 0 spiro atoms. The van der Waals surface area contributed by atoms with Crippen LogP contribution in [0.25, 0.3) is 0 Å². The van der Waals surface area contributed by atoms with Gasteiger partial charge in [0.15, 0.2) is 0 Å². The SMILES string of the molecule is CN1CCC(Oc2cc(CCO)cc(C(F)(F)F)n2)CC1. The lowest BCUT2D eigenvalue weighted by Gasteiger charge is -2.29. The van der Waals surface area contributed by atoms with Crippen molar-refractivity contribution >= 4 is 0 Å². The number of hydrogen-bond acceptors (Lipinski definition) is 4. The van der Waals surface area contributed by atoms with Crippen LogP contribution in [0.1, 0.15) is 24.1 Å². The maximum atomic E-state index is 12.8. The number of halogens is 3. The first-order chi connectivity index (χ1) is 9.88. The average molecular weight is 304 g/mol. The zero-order valence-corrected chi connectivity index (χ0v) is 11.9. The molecule has 1 fully saturated rings. The summed E-state index contributed by atoms with van der Waals surface area (Å²) in [5.41, 5.74) is -0.598. The van der Waals surface area contributed by atoms with Crippen LogP contribution < -0.4 is 4.74 Å². The second kappa shape index (κ2) is 6.62. The van der Waals surface area contributed by atoms with Crippen LogP contribution in [-0.4, -0.2) is 47.8 Å². The van der Waals surface area contributed by atoms with Gasteiger partial charge in [-0.15, -0.1) is 0 Å². The topological polar surface area (TPSA) is 45.6 Å². The number of nitrogens with zero attached hydrogens (tertiary/aromatic N) is 2. The predicted molar refractivity (Wildman–Crippen MR) is 71.2 cm³/mol. The molecule has 0 aromatic carbocycles. The number of aliphatic hydroxyl groups excluding tert-OH is 1. The minimum Gasteiger partial charge on any atom is -0.474 e. The van der Waals surface area contributed by atoms with Crippen LogP contribution in [-0.2, 0) is 12.6 Å². The summed E-state index contributed by atoms with van der Waals surface area (Å²) in [6, 6.07) is 2.43. The standard InChI is InChI=1S/C14H19F3N2O2/c1-19-5-2-11(3-6-19)21-13-9-10(4-7-20)8-12(18-13)14(15,16)17/h8-9,11,20H,2-7H2,1H3. The summed E-state index contributed by atoms with van der Waals surface area (Å²) in [6.45, 7) is 1.50. The number of hydrogen-bond donors (Lipinski definition) is 1. The molecule has 2 rings (SSSR count). The molecule has 1 aromatic rings. The number of rotatable bonds is 4. The van der Waals surface area contributed by atoms with Gasteiger partial charge in [0.25, 0.3) is 0 Å². The van der Waals surface area contributed by atoms with E-state index < -0.39 is 11.9 Å². The van der Waals surface area contributed by atoms with Crippen LogP contribution in [0.3, 0.4) is 0 Å². The molecule has 118 valence electrons. The second-order valence-electron chi connectivity index (χ2n) is 5.29. The van der Waals surface area contributed by atoms with Gasteiger partial charge in [-0.3, -0.25) is 0 Å². The summed E-state index contributed by atoms with van der Waals surface area (Å²) in [4.78, 5) is 5.71. The molecule has 1 N–H and O–H groups in total. The summed E-state index contributed by atoms with van der Waals surface area (Å²) >= 11 is 0. The first kappa shape index (κ1) is 16.0. The van der Waals surface area contributed by atoms with E-state index in [4.69, 9.17) is 9.84 Å². The number of likely N-dealkylation sites (tertiary alicyclic amines) is 1. The monoisotopic (exact) mass is 304 g/mol. The van der Waals surface area contributed by atoms with Gasteiger partial charge in [-0.25, -0.2) is 4.98 Å². The van der Waals surface area contributed by atoms with Crippen LogP contribution >= 0.6 is 0 Å². The maximum Gasteiger partial charge on any atom is 0.433 e. The van der Waals surface area contributed by atoms with Crippen molar-refractivity contribution < 1.29 is 23.0 Å². The van der Waals surface area contributed by atoms with Crippen molar-refractivity contribution in [3.63, 3.8) is 0 Å². The van der Waals surface area contributed by atoms with Crippen molar-refractivity contribution in [3.8, 4) is 5.88 Å². The Morgan fingerprint density at radius 1 is 1.33 bits per heavy atom. The molecule has 4 nitrogen and oxygen atoms in total. The molecule has 1 saturated heterocycles. The third kappa shape index (κ3) is 4.57. The predicted octanol–water partition coefficient (Wildman–Crippen LogP) is 2.11. The summed E-state index contributed by atoms with van der Waals surface area (Å²) in [6.07, 6.45) is -2.95. The van der Waals surface area contributed by atoms with E-state index >= 15 is 0 Å². The molecule has 0 bridgehead atoms. The smallest absolute Gasteiger partial charge is 0.433 e. The Morgan fingerprint density at radius 3 is 2.57 bits per heavy atom. The van der Waals surface area contributed by atoms with E-state index in [-0.39, 0.29) is 25.0 Å². The highest BCUT2D eigenvalue weighted by Gasteiger charge is 2.33. The van der Waals surface area contributed by atoms with Crippen LogP contribution in [0.5, 0.6) is 5.88 Å². The minimum atomic E-state index is -4.52. The van der Waals surface area contributed by atoms with Gasteiger partial charge in [-0.1, -0.05) is 0 Å². The van der Waals surface area contributed by atoms with Gasteiger partial charge in [-0.2, -0.15) is 13.2 Å². The highest BCUT2D eigenvalue weighted by atomic mass is 19.4. The molecule has 0 atom stereocenters. The van der Waals surface area contributed by atoms with E-state index in [1.807, 2.05) is 7.05 Å². The summed E-state index contributed by atoms with van der Waals surface area (Å²) in [5, 5.41) is 8.91. The third-order valence-electron chi connectivity index (χ3n) is 3.51. The Kier molecular flexibility index (Phi) is 5.05. The third-order valence-corrected chi connectivity index (χ3v) is 3.51. The molecule has 0 amide bonds. The zero-order valence-electron chi connectivity index (χ0n) is 11.9. The second-order valence-corrected chi connectivity index (χ2v) is 5.29. The highest BCUT2D eigenvalue weighted by Crippen LogP contribution is 2.30. The fourth-order valence-corrected chi connectivity index (χ4v) is 2.31. The van der Waals surface area contributed by atoms with Crippen LogP contribution in [0.15, 0.2) is 12.1 Å². The van der Waals surface area contributed by atoms with Gasteiger partial charge in [0.05, 0.1) is 0 Å². The lowest BCUT2D eigenvalue weighted by molar-refractivity contribution is -0.141. The van der Waals surface area contributed by atoms with Crippen molar-refractivity contribution in [1.82, 2.24) is 9.88 Å². The normalized spacial score (nSPS) is 18.0. The molecular formula is C14H19F3N2O2. The van der Waals surface area contributed by atoms with Gasteiger partial charge in [0.2, 0.25) is 5.88 Å². The summed E-state index contributed by atoms with van der Waals surface area (Å²) in [7, 11) is 2.00. The molecule has 0 radical (unpaired) electrons. The quantitative estimate of drug-likeness (QED) is 0.925. The maximum absolute atomic E-state index is 12.8. The fraction of sp³-hybridized carbons (Fsp3) is 0.643. The zero-order chi connectivity index (χ0) is 15.5. The van der Waals surface area contributed by atoms with Gasteiger partial charge >= 0.3 is 6.18 Å². The lowest BCUT2D eigenvalue weighted by atomic mass is 10.1. The molecular weight excluding hydrogens is 285 g/mol. The number of piperidine rings is 1.